The van der Waals surface area contributed by atoms with Crippen molar-refractivity contribution in [3.63, 3.8) is 0 Å². The molecule has 0 bridgehead atoms. The van der Waals surface area contributed by atoms with Gasteiger partial charge in [0.15, 0.2) is 6.29 Å². The molecular formula is C84H89BrCl6K2N6O14. The molecule has 590 valence electrons. The molecule has 0 spiro atoms. The van der Waals surface area contributed by atoms with Gasteiger partial charge in [-0.1, -0.05) is 214 Å². The van der Waals surface area contributed by atoms with Gasteiger partial charge in [-0.2, -0.15) is 15.3 Å². The Morgan fingerprint density at radius 3 is 1.19 bits per heavy atom. The van der Waals surface area contributed by atoms with Gasteiger partial charge in [-0.15, -0.1) is 0 Å². The zero-order valence-corrected chi connectivity index (χ0v) is 71.2. The number of esters is 2. The van der Waals surface area contributed by atoms with E-state index in [4.69, 9.17) is 108 Å². The van der Waals surface area contributed by atoms with Gasteiger partial charge < -0.3 is 50.2 Å². The van der Waals surface area contributed by atoms with Crippen molar-refractivity contribution < 1.29 is 172 Å². The fourth-order valence-corrected chi connectivity index (χ4v) is 11.2. The second-order valence-electron chi connectivity index (χ2n) is 22.1. The first kappa shape index (κ1) is 104. The van der Waals surface area contributed by atoms with Crippen molar-refractivity contribution in [3.8, 4) is 68.1 Å². The number of nitrogens with zero attached hydrogens (tertiary/aromatic N) is 6. The maximum Gasteiger partial charge on any atom is 1.00 e. The number of benzene rings is 9. The number of ether oxygens (including phenoxy) is 6. The number of carbonyl (C=O) groups is 4. The van der Waals surface area contributed by atoms with Crippen molar-refractivity contribution in [2.24, 2.45) is 0 Å². The third-order valence-corrected chi connectivity index (χ3v) is 17.3. The van der Waals surface area contributed by atoms with Crippen molar-refractivity contribution in [2.75, 3.05) is 26.9 Å². The van der Waals surface area contributed by atoms with Crippen molar-refractivity contribution in [3.05, 3.63) is 302 Å². The van der Waals surface area contributed by atoms with Crippen LogP contribution in [0.1, 0.15) is 99.0 Å². The van der Waals surface area contributed by atoms with Crippen LogP contribution in [0, 0.1) is 0 Å². The molecule has 1 saturated heterocycles. The van der Waals surface area contributed by atoms with E-state index in [9.17, 15) is 24.6 Å². The van der Waals surface area contributed by atoms with Crippen LogP contribution in [0.3, 0.4) is 0 Å². The van der Waals surface area contributed by atoms with Gasteiger partial charge in [0.25, 0.3) is 6.47 Å². The zero-order chi connectivity index (χ0) is 75.9. The van der Waals surface area contributed by atoms with Gasteiger partial charge in [-0.05, 0) is 171 Å². The molecule has 4 atom stereocenters. The first-order chi connectivity index (χ1) is 51.3. The summed E-state index contributed by atoms with van der Waals surface area (Å²) in [5.74, 6) is -0.906. The molecule has 1 fully saturated rings. The summed E-state index contributed by atoms with van der Waals surface area (Å²) >= 11 is 39.3. The molecule has 4 heterocycles. The number of halogens is 7. The van der Waals surface area contributed by atoms with Crippen LogP contribution in [0.2, 0.25) is 30.1 Å². The summed E-state index contributed by atoms with van der Waals surface area (Å²) < 4.78 is 37.4. The van der Waals surface area contributed by atoms with Crippen molar-refractivity contribution in [1.82, 2.24) is 29.3 Å². The molecule has 0 radical (unpaired) electrons. The molecule has 0 saturated carbocycles. The Hall–Kier alpha value is -6.74. The molecule has 1 aliphatic heterocycles. The molecular weight excluding hydrogens is 1690 g/mol. The Balaban J connectivity index is 0.00000144. The standard InChI is InChI=1S/C25H20Cl2N2O3.C23H16Cl2N2O3.C15H11ClN2O.C10H10BrClO2.C5H10O2.CH2O3.5CH4.2K.H/c1-2-31-25(30)24(17-8-10-18(26)11-9-17)32-23-13-12-19(27)16-21(23)22-14-15-29(28-22)20-6-4-3-5-7-20;24-16-8-6-15(7-9-16)22(23(28)29)30-21-11-10-17(25)14-19(21)20-12-13-27(26-20)18-4-2-1-3-5-18;16-11-6-7-15(19)13(10-11)14-8-9-18(17-14)12-4-2-1-3-5-12;1-2-14-10(13)9(11)7-3-5-8(12)6-4-7;1-6-5-3-2-4-7-5;2-1-4-3;;;;;;;;/h3-16,24H,2H2,1H3;1-14,22H,(H,28,29);1-10,19H;3-6,9H,2H2,1H3;5H,2-4H2,1H3;1,3H;5*1H4;;;/q;;;;;;;;;;;2*+1;-1/p-1. The third kappa shape index (κ3) is 32.7. The number of para-hydroxylation sites is 3. The topological polar surface area (TPSA) is 250 Å². The molecule has 12 aromatic rings. The van der Waals surface area contributed by atoms with Crippen LogP contribution in [-0.2, 0) is 43.0 Å². The van der Waals surface area contributed by atoms with E-state index in [1.807, 2.05) is 128 Å². The Morgan fingerprint density at radius 1 is 0.513 bits per heavy atom. The summed E-state index contributed by atoms with van der Waals surface area (Å²) in [5, 5.41) is 45.1. The number of carboxylic acids is 1. The minimum absolute atomic E-state index is 0. The van der Waals surface area contributed by atoms with Crippen molar-refractivity contribution >= 4 is 110 Å². The van der Waals surface area contributed by atoms with Gasteiger partial charge in [0.1, 0.15) is 22.1 Å². The predicted octanol–water partition coefficient (Wildman–Crippen LogP) is 16.3. The van der Waals surface area contributed by atoms with Crippen LogP contribution in [0.25, 0.3) is 50.8 Å². The number of rotatable bonds is 20. The fourth-order valence-electron chi connectivity index (χ4n) is 9.88. The minimum Gasteiger partial charge on any atom is -1.00 e. The van der Waals surface area contributed by atoms with Crippen LogP contribution in [0.5, 0.6) is 17.2 Å². The van der Waals surface area contributed by atoms with Crippen molar-refractivity contribution in [1.29, 1.82) is 0 Å². The molecule has 2 N–H and O–H groups in total. The van der Waals surface area contributed by atoms with E-state index in [1.165, 1.54) is 0 Å². The fraction of sp³-hybridized carbons (Fsp3) is 0.202. The number of aromatic hydroxyl groups is 1. The maximum atomic E-state index is 12.7. The van der Waals surface area contributed by atoms with E-state index >= 15 is 0 Å². The van der Waals surface area contributed by atoms with Gasteiger partial charge in [0.2, 0.25) is 12.2 Å². The summed E-state index contributed by atoms with van der Waals surface area (Å²) in [6.07, 6.45) is 5.67. The van der Waals surface area contributed by atoms with E-state index in [2.05, 4.69) is 36.1 Å². The maximum absolute atomic E-state index is 12.7. The molecule has 3 aromatic heterocycles. The first-order valence-electron chi connectivity index (χ1n) is 32.4. The number of aromatic nitrogens is 6. The number of alkyl halides is 1. The van der Waals surface area contributed by atoms with Crippen LogP contribution >= 0.6 is 85.5 Å². The summed E-state index contributed by atoms with van der Waals surface area (Å²) in [4.78, 5) is 46.8. The SMILES string of the molecule is C.C.C.C.C.CCOC(=O)C(Br)c1ccc(Cl)cc1.CCOC(=O)C(Oc1ccc(Cl)cc1-c1ccn(-c2ccccc2)n1)c1ccc(Cl)cc1.COC1CCCO1.O=C(O)C(Oc1ccc(Cl)cc1-c1ccn(-c2ccccc2)n1)c1ccc(Cl)cc1.O=CO[O-].Oc1ccc(Cl)cc1-c1ccn(-c2ccccc2)n1.[H-].[K+].[K+]. The third-order valence-electron chi connectivity index (χ3n) is 14.9. The predicted molar refractivity (Wildman–Crippen MR) is 445 cm³/mol. The number of aliphatic carboxylic acids is 1. The van der Waals surface area contributed by atoms with Crippen LogP contribution in [0.15, 0.2) is 255 Å². The average molecular weight is 1780 g/mol. The normalized spacial score (nSPS) is 11.9. The second kappa shape index (κ2) is 55.0. The number of phenols is 1. The van der Waals surface area contributed by atoms with Gasteiger partial charge in [0, 0.05) is 96.7 Å². The summed E-state index contributed by atoms with van der Waals surface area (Å²) in [5.41, 5.74) is 8.57. The van der Waals surface area contributed by atoms with E-state index in [0.29, 0.717) is 93.1 Å². The summed E-state index contributed by atoms with van der Waals surface area (Å²) in [7, 11) is 1.68. The Morgan fingerprint density at radius 2 is 0.850 bits per heavy atom. The molecule has 13 rings (SSSR count). The zero-order valence-electron chi connectivity index (χ0n) is 59.8. The molecule has 4 unspecified atom stereocenters. The Labute approximate surface area is 785 Å². The average Bonchev–Trinajstić information content (AvgIpc) is 1.54. The number of hydrogen-bond donors (Lipinski definition) is 2. The number of carbonyl (C=O) groups excluding carboxylic acids is 3. The molecule has 1 aliphatic rings. The quantitative estimate of drug-likeness (QED) is 0.0180. The van der Waals surface area contributed by atoms with Crippen LogP contribution in [-0.4, -0.2) is 97.2 Å². The second-order valence-corrected chi connectivity index (χ2v) is 25.6. The van der Waals surface area contributed by atoms with E-state index < -0.39 is 29.0 Å². The molecule has 0 aliphatic carbocycles. The van der Waals surface area contributed by atoms with Crippen molar-refractivity contribution in [2.45, 2.75) is 87.1 Å². The molecule has 9 aromatic carbocycles. The van der Waals surface area contributed by atoms with Gasteiger partial charge in [-0.3, -0.25) is 9.59 Å². The minimum atomic E-state index is -1.21. The van der Waals surface area contributed by atoms with Crippen LogP contribution in [0.4, 0.5) is 0 Å². The van der Waals surface area contributed by atoms with E-state index in [0.717, 1.165) is 42.1 Å². The smallest absolute Gasteiger partial charge is 1.00 e. The molecule has 29 heteroatoms. The largest absolute Gasteiger partial charge is 1.00 e. The number of hydrogen-bond acceptors (Lipinski definition) is 16. The Kier molecular flexibility index (Phi) is 50.7. The molecule has 113 heavy (non-hydrogen) atoms. The number of phenolic OH excluding ortho intramolecular Hbond substituents is 1. The number of carboxylic acid groups (broad SMARTS) is 1. The monoisotopic (exact) mass is 1770 g/mol. The molecule has 0 amide bonds. The summed E-state index contributed by atoms with van der Waals surface area (Å²) in [6.45, 7) is 4.84. The van der Waals surface area contributed by atoms with E-state index in [-0.39, 0.29) is 172 Å². The Bertz CT molecular complexity index is 4760. The first-order valence-corrected chi connectivity index (χ1v) is 35.6. The number of methoxy groups -OCH3 is 1. The van der Waals surface area contributed by atoms with Crippen LogP contribution < -0.4 is 118 Å². The van der Waals surface area contributed by atoms with Gasteiger partial charge in [0.05, 0.1) is 47.4 Å². The van der Waals surface area contributed by atoms with E-state index in [1.54, 1.807) is 162 Å². The molecule has 20 nitrogen and oxygen atoms in total. The summed E-state index contributed by atoms with van der Waals surface area (Å²) in [6, 6.07) is 70.3. The van der Waals surface area contributed by atoms with Gasteiger partial charge >= 0.3 is 121 Å². The van der Waals surface area contributed by atoms with Gasteiger partial charge in [-0.25, -0.2) is 23.6 Å².